The number of amides is 1. The molecule has 0 saturated carbocycles. The van der Waals surface area contributed by atoms with Gasteiger partial charge in [-0.15, -0.1) is 0 Å². The third-order valence-corrected chi connectivity index (χ3v) is 5.70. The Hall–Kier alpha value is -3.48. The van der Waals surface area contributed by atoms with E-state index in [1.54, 1.807) is 49.6 Å². The highest BCUT2D eigenvalue weighted by Gasteiger charge is 2.22. The molecule has 0 atom stereocenters. The number of carbonyl (C=O) groups excluding carboxylic acids is 1. The lowest BCUT2D eigenvalue weighted by molar-refractivity contribution is -0.133. The van der Waals surface area contributed by atoms with Gasteiger partial charge < -0.3 is 23.5 Å². The van der Waals surface area contributed by atoms with Crippen molar-refractivity contribution < 1.29 is 23.4 Å². The predicted octanol–water partition coefficient (Wildman–Crippen LogP) is 4.26. The summed E-state index contributed by atoms with van der Waals surface area (Å²) in [6.07, 6.45) is 4.23. The molecule has 0 aliphatic carbocycles. The van der Waals surface area contributed by atoms with Gasteiger partial charge >= 0.3 is 0 Å². The molecule has 2 aromatic carbocycles. The van der Waals surface area contributed by atoms with E-state index in [1.165, 1.54) is 7.11 Å². The van der Waals surface area contributed by atoms with Crippen LogP contribution in [-0.2, 0) is 4.79 Å². The van der Waals surface area contributed by atoms with Gasteiger partial charge in [-0.2, -0.15) is 0 Å². The molecule has 0 unspecified atom stereocenters. The number of methoxy groups -OCH3 is 2. The Morgan fingerprint density at radius 1 is 0.969 bits per heavy atom. The van der Waals surface area contributed by atoms with Crippen molar-refractivity contribution in [2.45, 2.75) is 25.7 Å². The van der Waals surface area contributed by atoms with Crippen molar-refractivity contribution in [2.75, 3.05) is 33.9 Å². The number of likely N-dealkylation sites (tertiary alicyclic amines) is 1. The van der Waals surface area contributed by atoms with Crippen molar-refractivity contribution in [3.8, 4) is 28.6 Å². The van der Waals surface area contributed by atoms with Crippen molar-refractivity contribution in [1.29, 1.82) is 0 Å². The lowest BCUT2D eigenvalue weighted by Gasteiger charge is -2.20. The van der Waals surface area contributed by atoms with Gasteiger partial charge in [0.05, 0.1) is 19.6 Å². The quantitative estimate of drug-likeness (QED) is 0.573. The summed E-state index contributed by atoms with van der Waals surface area (Å²) in [5.41, 5.74) is 0.705. The van der Waals surface area contributed by atoms with Crippen LogP contribution in [0.3, 0.4) is 0 Å². The summed E-state index contributed by atoms with van der Waals surface area (Å²) in [6, 6.07) is 12.2. The fraction of sp³-hybridized carbons (Fsp3) is 0.360. The highest BCUT2D eigenvalue weighted by Crippen LogP contribution is 2.36. The molecule has 3 aromatic rings. The minimum Gasteiger partial charge on any atom is -0.493 e. The van der Waals surface area contributed by atoms with Crippen molar-refractivity contribution in [2.24, 2.45) is 0 Å². The number of benzene rings is 2. The molecule has 0 N–H and O–H groups in total. The highest BCUT2D eigenvalue weighted by molar-refractivity contribution is 5.83. The van der Waals surface area contributed by atoms with Gasteiger partial charge in [-0.3, -0.25) is 9.59 Å². The van der Waals surface area contributed by atoms with E-state index in [0.717, 1.165) is 38.8 Å². The first kappa shape index (κ1) is 21.7. The normalized spacial score (nSPS) is 14.1. The minimum atomic E-state index is -0.319. The highest BCUT2D eigenvalue weighted by atomic mass is 16.5. The Morgan fingerprint density at radius 2 is 1.69 bits per heavy atom. The van der Waals surface area contributed by atoms with E-state index in [9.17, 15) is 9.59 Å². The largest absolute Gasteiger partial charge is 0.493 e. The molecule has 32 heavy (non-hydrogen) atoms. The van der Waals surface area contributed by atoms with E-state index in [-0.39, 0.29) is 29.5 Å². The van der Waals surface area contributed by atoms with Gasteiger partial charge in [0.2, 0.25) is 11.2 Å². The lowest BCUT2D eigenvalue weighted by atomic mass is 10.1. The summed E-state index contributed by atoms with van der Waals surface area (Å²) >= 11 is 0. The Kier molecular flexibility index (Phi) is 6.63. The summed E-state index contributed by atoms with van der Waals surface area (Å²) in [7, 11) is 3.09. The molecule has 1 aliphatic heterocycles. The SMILES string of the molecule is COc1ccc(-c2oc3ccccc3c(=O)c2OCC(=O)N2CCCCCC2)cc1OC. The van der Waals surface area contributed by atoms with Crippen LogP contribution in [0.2, 0.25) is 0 Å². The molecule has 1 fully saturated rings. The molecule has 0 spiro atoms. The summed E-state index contributed by atoms with van der Waals surface area (Å²) in [4.78, 5) is 27.9. The standard InChI is InChI=1S/C25H27NO6/c1-29-20-12-11-17(15-21(20)30-2)24-25(23(28)18-9-5-6-10-19(18)32-24)31-16-22(27)26-13-7-3-4-8-14-26/h5-6,9-12,15H,3-4,7-8,13-14,16H2,1-2H3. The van der Waals surface area contributed by atoms with Gasteiger partial charge in [-0.05, 0) is 43.2 Å². The molecule has 7 nitrogen and oxygen atoms in total. The van der Waals surface area contributed by atoms with Crippen LogP contribution in [0.1, 0.15) is 25.7 Å². The van der Waals surface area contributed by atoms with Crippen LogP contribution >= 0.6 is 0 Å². The Balaban J connectivity index is 1.73. The number of para-hydroxylation sites is 1. The number of carbonyl (C=O) groups is 1. The number of ether oxygens (including phenoxy) is 3. The summed E-state index contributed by atoms with van der Waals surface area (Å²) in [6.45, 7) is 1.22. The number of hydrogen-bond donors (Lipinski definition) is 0. The molecular weight excluding hydrogens is 410 g/mol. The van der Waals surface area contributed by atoms with E-state index in [4.69, 9.17) is 18.6 Å². The first-order chi connectivity index (χ1) is 15.6. The molecule has 1 amide bonds. The second-order valence-electron chi connectivity index (χ2n) is 7.74. The Bertz CT molecular complexity index is 1160. The summed E-state index contributed by atoms with van der Waals surface area (Å²) in [5.74, 6) is 1.18. The zero-order chi connectivity index (χ0) is 22.5. The van der Waals surface area contributed by atoms with Gasteiger partial charge in [0.15, 0.2) is 23.9 Å². The fourth-order valence-corrected chi connectivity index (χ4v) is 3.97. The van der Waals surface area contributed by atoms with Crippen molar-refractivity contribution in [3.63, 3.8) is 0 Å². The predicted molar refractivity (Wildman–Crippen MR) is 122 cm³/mol. The van der Waals surface area contributed by atoms with Gasteiger partial charge in [0.25, 0.3) is 5.91 Å². The van der Waals surface area contributed by atoms with Crippen LogP contribution in [0, 0.1) is 0 Å². The monoisotopic (exact) mass is 437 g/mol. The van der Waals surface area contributed by atoms with Crippen LogP contribution in [0.15, 0.2) is 51.7 Å². The Labute approximate surface area is 186 Å². The minimum absolute atomic E-state index is 0.0130. The molecule has 2 heterocycles. The lowest BCUT2D eigenvalue weighted by Crippen LogP contribution is -2.36. The van der Waals surface area contributed by atoms with E-state index in [1.807, 2.05) is 4.90 Å². The van der Waals surface area contributed by atoms with Crippen LogP contribution in [0.4, 0.5) is 0 Å². The zero-order valence-corrected chi connectivity index (χ0v) is 18.4. The first-order valence-electron chi connectivity index (χ1n) is 10.8. The molecule has 1 saturated heterocycles. The van der Waals surface area contributed by atoms with Crippen molar-refractivity contribution >= 4 is 16.9 Å². The van der Waals surface area contributed by atoms with E-state index in [2.05, 4.69) is 0 Å². The fourth-order valence-electron chi connectivity index (χ4n) is 3.97. The maximum atomic E-state index is 13.3. The average molecular weight is 437 g/mol. The van der Waals surface area contributed by atoms with E-state index in [0.29, 0.717) is 28.0 Å². The second kappa shape index (κ2) is 9.77. The summed E-state index contributed by atoms with van der Waals surface area (Å²) in [5, 5.41) is 0.397. The van der Waals surface area contributed by atoms with Gasteiger partial charge in [0, 0.05) is 18.7 Å². The maximum absolute atomic E-state index is 13.3. The van der Waals surface area contributed by atoms with E-state index >= 15 is 0 Å². The molecule has 1 aromatic heterocycles. The summed E-state index contributed by atoms with van der Waals surface area (Å²) < 4.78 is 22.6. The van der Waals surface area contributed by atoms with Gasteiger partial charge in [-0.25, -0.2) is 0 Å². The topological polar surface area (TPSA) is 78.2 Å². The molecule has 0 bridgehead atoms. The molecule has 1 aliphatic rings. The average Bonchev–Trinajstić information content (AvgIpc) is 3.12. The molecule has 0 radical (unpaired) electrons. The van der Waals surface area contributed by atoms with Crippen LogP contribution in [0.25, 0.3) is 22.3 Å². The van der Waals surface area contributed by atoms with Gasteiger partial charge in [-0.1, -0.05) is 25.0 Å². The molecule has 4 rings (SSSR count). The first-order valence-corrected chi connectivity index (χ1v) is 10.8. The number of fused-ring (bicyclic) bond motifs is 1. The van der Waals surface area contributed by atoms with Crippen molar-refractivity contribution in [3.05, 3.63) is 52.7 Å². The maximum Gasteiger partial charge on any atom is 0.260 e. The van der Waals surface area contributed by atoms with Crippen LogP contribution < -0.4 is 19.6 Å². The molecule has 7 heteroatoms. The number of nitrogens with zero attached hydrogens (tertiary/aromatic N) is 1. The zero-order valence-electron chi connectivity index (χ0n) is 18.4. The van der Waals surface area contributed by atoms with Crippen molar-refractivity contribution in [1.82, 2.24) is 4.90 Å². The molecule has 168 valence electrons. The number of hydrogen-bond acceptors (Lipinski definition) is 6. The third-order valence-electron chi connectivity index (χ3n) is 5.70. The van der Waals surface area contributed by atoms with Crippen LogP contribution in [-0.4, -0.2) is 44.7 Å². The number of rotatable bonds is 6. The third kappa shape index (κ3) is 4.42. The van der Waals surface area contributed by atoms with Crippen LogP contribution in [0.5, 0.6) is 17.2 Å². The second-order valence-corrected chi connectivity index (χ2v) is 7.74. The van der Waals surface area contributed by atoms with Gasteiger partial charge in [0.1, 0.15) is 5.58 Å². The molecular formula is C25H27NO6. The Morgan fingerprint density at radius 3 is 2.41 bits per heavy atom. The smallest absolute Gasteiger partial charge is 0.260 e. The van der Waals surface area contributed by atoms with E-state index < -0.39 is 0 Å².